The molecule has 1 amide bonds. The van der Waals surface area contributed by atoms with Gasteiger partial charge in [0.25, 0.3) is 5.69 Å². The van der Waals surface area contributed by atoms with Crippen LogP contribution in [0.15, 0.2) is 41.0 Å². The van der Waals surface area contributed by atoms with Gasteiger partial charge in [-0.1, -0.05) is 11.6 Å². The molecule has 0 aliphatic rings. The first-order valence-electron chi connectivity index (χ1n) is 9.74. The molecular formula is C22H22ClN5O4. The summed E-state index contributed by atoms with van der Waals surface area (Å²) >= 11 is 6.16. The molecule has 0 aliphatic carbocycles. The normalized spacial score (nSPS) is 10.9. The van der Waals surface area contributed by atoms with E-state index in [1.807, 2.05) is 24.5 Å². The van der Waals surface area contributed by atoms with Crippen molar-refractivity contribution in [3.8, 4) is 6.07 Å². The van der Waals surface area contributed by atoms with Gasteiger partial charge in [0.2, 0.25) is 5.91 Å². The van der Waals surface area contributed by atoms with Crippen LogP contribution >= 0.6 is 11.6 Å². The highest BCUT2D eigenvalue weighted by atomic mass is 35.5. The van der Waals surface area contributed by atoms with Crippen molar-refractivity contribution in [2.24, 2.45) is 0 Å². The Kier molecular flexibility index (Phi) is 6.98. The van der Waals surface area contributed by atoms with Crippen molar-refractivity contribution in [2.75, 3.05) is 18.9 Å². The number of anilines is 1. The molecule has 0 aliphatic heterocycles. The van der Waals surface area contributed by atoms with Crippen LogP contribution in [0.5, 0.6) is 0 Å². The van der Waals surface area contributed by atoms with Crippen LogP contribution in [0.25, 0.3) is 0 Å². The number of carbonyl (C=O) groups excluding carboxylic acids is 1. The van der Waals surface area contributed by atoms with Crippen LogP contribution in [0.1, 0.15) is 28.1 Å². The van der Waals surface area contributed by atoms with Crippen LogP contribution in [0, 0.1) is 35.3 Å². The smallest absolute Gasteiger partial charge is 0.269 e. The number of hydrogen-bond acceptors (Lipinski definition) is 6. The Morgan fingerprint density at radius 1 is 1.38 bits per heavy atom. The number of nitriles is 1. The van der Waals surface area contributed by atoms with Crippen molar-refractivity contribution in [3.05, 3.63) is 79.9 Å². The molecule has 0 fully saturated rings. The van der Waals surface area contributed by atoms with Gasteiger partial charge < -0.3 is 14.3 Å². The number of likely N-dealkylation sites (N-methyl/N-ethyl adjacent to an activating group) is 1. The lowest BCUT2D eigenvalue weighted by Crippen LogP contribution is -2.31. The number of non-ortho nitro benzene ring substituents is 1. The van der Waals surface area contributed by atoms with E-state index < -0.39 is 4.92 Å². The molecule has 3 rings (SSSR count). The summed E-state index contributed by atoms with van der Waals surface area (Å²) in [6, 6.07) is 9.96. The van der Waals surface area contributed by atoms with Crippen molar-refractivity contribution < 1.29 is 14.1 Å². The quantitative estimate of drug-likeness (QED) is 0.400. The highest BCUT2D eigenvalue weighted by Crippen LogP contribution is 2.28. The van der Waals surface area contributed by atoms with Crippen LogP contribution in [-0.4, -0.2) is 33.9 Å². The summed E-state index contributed by atoms with van der Waals surface area (Å²) in [5.41, 5.74) is 2.51. The molecule has 0 saturated carbocycles. The van der Waals surface area contributed by atoms with E-state index in [2.05, 4.69) is 11.4 Å². The lowest BCUT2D eigenvalue weighted by molar-refractivity contribution is -0.384. The van der Waals surface area contributed by atoms with Crippen LogP contribution in [0.3, 0.4) is 0 Å². The zero-order chi connectivity index (χ0) is 23.4. The Hall–Kier alpha value is -3.61. The summed E-state index contributed by atoms with van der Waals surface area (Å²) in [5.74, 6) is 0.773. The number of nitrogens with one attached hydrogen (secondary N) is 1. The molecule has 9 nitrogen and oxygen atoms in total. The number of nitrogens with zero attached hydrogens (tertiary/aromatic N) is 4. The second-order valence-corrected chi connectivity index (χ2v) is 7.87. The fourth-order valence-corrected chi connectivity index (χ4v) is 3.62. The van der Waals surface area contributed by atoms with Gasteiger partial charge in [-0.2, -0.15) is 5.26 Å². The molecule has 2 heterocycles. The van der Waals surface area contributed by atoms with Crippen molar-refractivity contribution in [1.82, 2.24) is 9.47 Å². The summed E-state index contributed by atoms with van der Waals surface area (Å²) < 4.78 is 7.25. The lowest BCUT2D eigenvalue weighted by atomic mass is 10.2. The lowest BCUT2D eigenvalue weighted by Gasteiger charge is -2.18. The summed E-state index contributed by atoms with van der Waals surface area (Å²) in [5, 5.41) is 23.9. The molecule has 10 heteroatoms. The average molecular weight is 456 g/mol. The molecule has 1 aromatic carbocycles. The standard InChI is InChI=1S/C22H22ClN5O4/c1-14-15(2)27(12-18-5-4-8-32-18)22(19(14)10-24)25-21(29)13-26(3)11-16-9-17(28(30)31)6-7-20(16)23/h4-9H,11-13H2,1-3H3,(H,25,29). The number of rotatable bonds is 8. The highest BCUT2D eigenvalue weighted by Gasteiger charge is 2.21. The predicted molar refractivity (Wildman–Crippen MR) is 120 cm³/mol. The fourth-order valence-electron chi connectivity index (χ4n) is 3.45. The van der Waals surface area contributed by atoms with E-state index in [1.54, 1.807) is 24.3 Å². The molecular weight excluding hydrogens is 434 g/mol. The molecule has 32 heavy (non-hydrogen) atoms. The van der Waals surface area contributed by atoms with Crippen molar-refractivity contribution in [1.29, 1.82) is 5.26 Å². The van der Waals surface area contributed by atoms with Gasteiger partial charge in [0.1, 0.15) is 17.6 Å². The second-order valence-electron chi connectivity index (χ2n) is 7.46. The number of halogens is 1. The molecule has 0 bridgehead atoms. The number of furan rings is 1. The Balaban J connectivity index is 1.76. The van der Waals surface area contributed by atoms with Crippen LogP contribution < -0.4 is 5.32 Å². The number of carbonyl (C=O) groups is 1. The molecule has 2 aromatic heterocycles. The van der Waals surface area contributed by atoms with Crippen molar-refractivity contribution >= 4 is 29.0 Å². The molecule has 166 valence electrons. The Morgan fingerprint density at radius 2 is 2.12 bits per heavy atom. The van der Waals surface area contributed by atoms with Gasteiger partial charge in [-0.15, -0.1) is 0 Å². The summed E-state index contributed by atoms with van der Waals surface area (Å²) in [7, 11) is 1.71. The monoisotopic (exact) mass is 455 g/mol. The maximum absolute atomic E-state index is 12.8. The van der Waals surface area contributed by atoms with Gasteiger partial charge in [-0.3, -0.25) is 19.8 Å². The van der Waals surface area contributed by atoms with Gasteiger partial charge in [0, 0.05) is 29.4 Å². The first-order chi connectivity index (χ1) is 15.2. The van der Waals surface area contributed by atoms with E-state index in [1.165, 1.54) is 18.2 Å². The van der Waals surface area contributed by atoms with E-state index >= 15 is 0 Å². The molecule has 0 atom stereocenters. The third-order valence-corrected chi connectivity index (χ3v) is 5.56. The van der Waals surface area contributed by atoms with Gasteiger partial charge in [-0.25, -0.2) is 0 Å². The average Bonchev–Trinajstić information content (AvgIpc) is 3.32. The van der Waals surface area contributed by atoms with Crippen LogP contribution in [0.4, 0.5) is 11.5 Å². The molecule has 0 saturated heterocycles. The van der Waals surface area contributed by atoms with Gasteiger partial charge in [0.05, 0.1) is 29.8 Å². The zero-order valence-electron chi connectivity index (χ0n) is 17.9. The predicted octanol–water partition coefficient (Wildman–Crippen LogP) is 4.25. The molecule has 0 spiro atoms. The van der Waals surface area contributed by atoms with Crippen molar-refractivity contribution in [2.45, 2.75) is 26.9 Å². The number of nitro groups is 1. The van der Waals surface area contributed by atoms with E-state index in [4.69, 9.17) is 16.0 Å². The SMILES string of the molecule is Cc1c(C#N)c(NC(=O)CN(C)Cc2cc([N+](=O)[O-])ccc2Cl)n(Cc2ccco2)c1C. The minimum Gasteiger partial charge on any atom is -0.467 e. The molecule has 0 unspecified atom stereocenters. The van der Waals surface area contributed by atoms with Crippen LogP contribution in [0.2, 0.25) is 5.02 Å². The summed E-state index contributed by atoms with van der Waals surface area (Å²) in [6.07, 6.45) is 1.57. The minimum absolute atomic E-state index is 0.00604. The Bertz CT molecular complexity index is 1190. The molecule has 0 radical (unpaired) electrons. The van der Waals surface area contributed by atoms with Gasteiger partial charge >= 0.3 is 0 Å². The summed E-state index contributed by atoms with van der Waals surface area (Å²) in [6.45, 7) is 4.32. The van der Waals surface area contributed by atoms with E-state index in [0.29, 0.717) is 34.3 Å². The maximum atomic E-state index is 12.8. The zero-order valence-corrected chi connectivity index (χ0v) is 18.6. The third kappa shape index (κ3) is 4.99. The maximum Gasteiger partial charge on any atom is 0.269 e. The Morgan fingerprint density at radius 3 is 2.75 bits per heavy atom. The number of nitro benzene ring substituents is 1. The van der Waals surface area contributed by atoms with Gasteiger partial charge in [-0.05, 0) is 50.2 Å². The van der Waals surface area contributed by atoms with Crippen LogP contribution in [-0.2, 0) is 17.9 Å². The second kappa shape index (κ2) is 9.68. The Labute approximate surface area is 189 Å². The van der Waals surface area contributed by atoms with E-state index in [0.717, 1.165) is 11.3 Å². The first kappa shape index (κ1) is 23.1. The third-order valence-electron chi connectivity index (χ3n) is 5.19. The largest absolute Gasteiger partial charge is 0.467 e. The number of benzene rings is 1. The summed E-state index contributed by atoms with van der Waals surface area (Å²) in [4.78, 5) is 25.0. The first-order valence-corrected chi connectivity index (χ1v) is 10.1. The van der Waals surface area contributed by atoms with E-state index in [9.17, 15) is 20.2 Å². The van der Waals surface area contributed by atoms with E-state index in [-0.39, 0.29) is 24.7 Å². The highest BCUT2D eigenvalue weighted by molar-refractivity contribution is 6.31. The fraction of sp³-hybridized carbons (Fsp3) is 0.273. The number of aromatic nitrogens is 1. The van der Waals surface area contributed by atoms with Gasteiger partial charge in [0.15, 0.2) is 0 Å². The number of hydrogen-bond donors (Lipinski definition) is 1. The molecule has 3 aromatic rings. The van der Waals surface area contributed by atoms with Crippen molar-refractivity contribution in [3.63, 3.8) is 0 Å². The topological polar surface area (TPSA) is 117 Å². The minimum atomic E-state index is -0.492. The number of amides is 1. The molecule has 1 N–H and O–H groups in total.